The molecule has 0 fully saturated rings. The van der Waals surface area contributed by atoms with E-state index in [1.165, 1.54) is 0 Å². The first-order chi connectivity index (χ1) is 10.8. The molecule has 1 aliphatic rings. The summed E-state index contributed by atoms with van der Waals surface area (Å²) in [5, 5.41) is 0. The summed E-state index contributed by atoms with van der Waals surface area (Å²) in [6.45, 7) is 1.96. The highest BCUT2D eigenvalue weighted by atomic mass is 16.5. The molecule has 0 spiro atoms. The molecule has 0 saturated heterocycles. The van der Waals surface area contributed by atoms with Crippen LogP contribution >= 0.6 is 0 Å². The Balaban J connectivity index is 1.95. The standard InChI is InChI=1S/C19H16O3/c1-12-7-9-18(21-12)19-14-5-3-4-6-16(14)22-17-10-8-13(20-2)11-15(17)19/h3-11,19H,1-2H3. The number of rotatable bonds is 2. The Labute approximate surface area is 129 Å². The average molecular weight is 292 g/mol. The Bertz CT molecular complexity index is 832. The maximum absolute atomic E-state index is 6.04. The number of ether oxygens (including phenoxy) is 2. The summed E-state index contributed by atoms with van der Waals surface area (Å²) in [6, 6.07) is 18.0. The first-order valence-electron chi connectivity index (χ1n) is 7.27. The van der Waals surface area contributed by atoms with Crippen molar-refractivity contribution in [2.75, 3.05) is 7.11 Å². The quantitative estimate of drug-likeness (QED) is 0.527. The van der Waals surface area contributed by atoms with Gasteiger partial charge in [-0.05, 0) is 43.3 Å². The van der Waals surface area contributed by atoms with Crippen molar-refractivity contribution in [2.45, 2.75) is 12.8 Å². The molecule has 3 aromatic rings. The molecule has 22 heavy (non-hydrogen) atoms. The molecule has 0 radical (unpaired) electrons. The van der Waals surface area contributed by atoms with E-state index in [0.717, 1.165) is 39.9 Å². The van der Waals surface area contributed by atoms with Crippen molar-refractivity contribution in [1.29, 1.82) is 0 Å². The number of aryl methyl sites for hydroxylation is 1. The number of hydrogen-bond acceptors (Lipinski definition) is 3. The van der Waals surface area contributed by atoms with E-state index < -0.39 is 0 Å². The highest BCUT2D eigenvalue weighted by molar-refractivity contribution is 5.58. The zero-order chi connectivity index (χ0) is 15.1. The molecular weight excluding hydrogens is 276 g/mol. The predicted octanol–water partition coefficient (Wildman–Crippen LogP) is 4.88. The summed E-state index contributed by atoms with van der Waals surface area (Å²) in [7, 11) is 1.67. The fourth-order valence-electron chi connectivity index (χ4n) is 2.99. The van der Waals surface area contributed by atoms with Crippen LogP contribution < -0.4 is 9.47 Å². The third-order valence-electron chi connectivity index (χ3n) is 4.02. The lowest BCUT2D eigenvalue weighted by Gasteiger charge is -2.27. The zero-order valence-electron chi connectivity index (χ0n) is 12.5. The van der Waals surface area contributed by atoms with Crippen molar-refractivity contribution in [1.82, 2.24) is 0 Å². The molecule has 0 bridgehead atoms. The molecule has 3 heteroatoms. The fraction of sp³-hybridized carbons (Fsp3) is 0.158. The van der Waals surface area contributed by atoms with Crippen LogP contribution in [0, 0.1) is 6.92 Å². The molecule has 110 valence electrons. The summed E-state index contributed by atoms with van der Waals surface area (Å²) in [6.07, 6.45) is 0. The number of fused-ring (bicyclic) bond motifs is 2. The van der Waals surface area contributed by atoms with Gasteiger partial charge in [0.2, 0.25) is 0 Å². The maximum atomic E-state index is 6.04. The molecule has 3 nitrogen and oxygen atoms in total. The minimum absolute atomic E-state index is 0.0174. The highest BCUT2D eigenvalue weighted by Crippen LogP contribution is 2.48. The molecule has 0 saturated carbocycles. The van der Waals surface area contributed by atoms with Gasteiger partial charge < -0.3 is 13.9 Å². The second-order valence-corrected chi connectivity index (χ2v) is 5.43. The van der Waals surface area contributed by atoms with Gasteiger partial charge >= 0.3 is 0 Å². The fourth-order valence-corrected chi connectivity index (χ4v) is 2.99. The Kier molecular flexibility index (Phi) is 2.93. The van der Waals surface area contributed by atoms with Crippen LogP contribution in [0.2, 0.25) is 0 Å². The van der Waals surface area contributed by atoms with Crippen molar-refractivity contribution < 1.29 is 13.9 Å². The average Bonchev–Trinajstić information content (AvgIpc) is 2.98. The van der Waals surface area contributed by atoms with Crippen molar-refractivity contribution >= 4 is 0 Å². The molecule has 1 aliphatic heterocycles. The van der Waals surface area contributed by atoms with E-state index >= 15 is 0 Å². The lowest BCUT2D eigenvalue weighted by atomic mass is 9.86. The molecule has 0 N–H and O–H groups in total. The van der Waals surface area contributed by atoms with Gasteiger partial charge in [-0.2, -0.15) is 0 Å². The SMILES string of the molecule is COc1ccc2c(c1)C(c1ccc(C)o1)c1ccccc1O2. The highest BCUT2D eigenvalue weighted by Gasteiger charge is 2.30. The second-order valence-electron chi connectivity index (χ2n) is 5.43. The Morgan fingerprint density at radius 1 is 0.909 bits per heavy atom. The smallest absolute Gasteiger partial charge is 0.131 e. The van der Waals surface area contributed by atoms with Crippen LogP contribution in [0.5, 0.6) is 17.2 Å². The molecule has 1 atom stereocenters. The lowest BCUT2D eigenvalue weighted by molar-refractivity contribution is 0.404. The third-order valence-corrected chi connectivity index (χ3v) is 4.02. The van der Waals surface area contributed by atoms with Crippen LogP contribution in [-0.2, 0) is 0 Å². The van der Waals surface area contributed by atoms with Crippen LogP contribution in [0.15, 0.2) is 59.0 Å². The van der Waals surface area contributed by atoms with Crippen molar-refractivity contribution in [2.24, 2.45) is 0 Å². The summed E-state index contributed by atoms with van der Waals surface area (Å²) in [4.78, 5) is 0. The lowest BCUT2D eigenvalue weighted by Crippen LogP contribution is -2.11. The van der Waals surface area contributed by atoms with Gasteiger partial charge in [-0.1, -0.05) is 18.2 Å². The van der Waals surface area contributed by atoms with Gasteiger partial charge in [0.1, 0.15) is 28.8 Å². The minimum atomic E-state index is 0.0174. The van der Waals surface area contributed by atoms with Gasteiger partial charge in [-0.25, -0.2) is 0 Å². The molecule has 1 aromatic heterocycles. The molecule has 0 aliphatic carbocycles. The van der Waals surface area contributed by atoms with Gasteiger partial charge in [0.15, 0.2) is 0 Å². The topological polar surface area (TPSA) is 31.6 Å². The van der Waals surface area contributed by atoms with Crippen LogP contribution in [-0.4, -0.2) is 7.11 Å². The summed E-state index contributed by atoms with van der Waals surface area (Å²) in [5.74, 6) is 4.38. The molecule has 2 aromatic carbocycles. The third kappa shape index (κ3) is 1.98. The van der Waals surface area contributed by atoms with Crippen LogP contribution in [0.25, 0.3) is 0 Å². The minimum Gasteiger partial charge on any atom is -0.497 e. The van der Waals surface area contributed by atoms with Crippen LogP contribution in [0.3, 0.4) is 0 Å². The number of benzene rings is 2. The molecule has 0 amide bonds. The largest absolute Gasteiger partial charge is 0.497 e. The summed E-state index contributed by atoms with van der Waals surface area (Å²) < 4.78 is 17.3. The maximum Gasteiger partial charge on any atom is 0.131 e. The number of hydrogen-bond donors (Lipinski definition) is 0. The van der Waals surface area contributed by atoms with E-state index in [1.54, 1.807) is 7.11 Å². The number of para-hydroxylation sites is 1. The monoisotopic (exact) mass is 292 g/mol. The van der Waals surface area contributed by atoms with Gasteiger partial charge in [0.05, 0.1) is 13.0 Å². The Morgan fingerprint density at radius 3 is 2.50 bits per heavy atom. The van der Waals surface area contributed by atoms with E-state index in [2.05, 4.69) is 6.07 Å². The molecule has 4 rings (SSSR count). The molecule has 2 heterocycles. The van der Waals surface area contributed by atoms with Crippen LogP contribution in [0.1, 0.15) is 28.6 Å². The summed E-state index contributed by atoms with van der Waals surface area (Å²) in [5.41, 5.74) is 2.17. The Morgan fingerprint density at radius 2 is 1.73 bits per heavy atom. The van der Waals surface area contributed by atoms with Gasteiger partial charge in [0.25, 0.3) is 0 Å². The van der Waals surface area contributed by atoms with Gasteiger partial charge in [0, 0.05) is 11.1 Å². The van der Waals surface area contributed by atoms with Gasteiger partial charge in [-0.15, -0.1) is 0 Å². The molecule has 1 unspecified atom stereocenters. The normalized spacial score (nSPS) is 15.6. The van der Waals surface area contributed by atoms with Crippen molar-refractivity contribution in [3.05, 3.63) is 77.2 Å². The molecular formula is C19H16O3. The van der Waals surface area contributed by atoms with Crippen molar-refractivity contribution in [3.63, 3.8) is 0 Å². The van der Waals surface area contributed by atoms with E-state index in [1.807, 2.05) is 55.5 Å². The van der Waals surface area contributed by atoms with E-state index in [0.29, 0.717) is 0 Å². The first-order valence-corrected chi connectivity index (χ1v) is 7.27. The first kappa shape index (κ1) is 13.0. The predicted molar refractivity (Wildman–Crippen MR) is 83.9 cm³/mol. The zero-order valence-corrected chi connectivity index (χ0v) is 12.5. The van der Waals surface area contributed by atoms with Gasteiger partial charge in [-0.3, -0.25) is 0 Å². The number of methoxy groups -OCH3 is 1. The van der Waals surface area contributed by atoms with E-state index in [9.17, 15) is 0 Å². The van der Waals surface area contributed by atoms with Crippen LogP contribution in [0.4, 0.5) is 0 Å². The van der Waals surface area contributed by atoms with Crippen molar-refractivity contribution in [3.8, 4) is 17.2 Å². The van der Waals surface area contributed by atoms with E-state index in [-0.39, 0.29) is 5.92 Å². The van der Waals surface area contributed by atoms with E-state index in [4.69, 9.17) is 13.9 Å². The summed E-state index contributed by atoms with van der Waals surface area (Å²) >= 11 is 0. The number of furan rings is 1. The Hall–Kier alpha value is -2.68. The second kappa shape index (κ2) is 4.95.